The minimum Gasteiger partial charge on any atom is -0.369 e. The molecule has 5 heteroatoms. The Morgan fingerprint density at radius 1 is 1.45 bits per heavy atom. The summed E-state index contributed by atoms with van der Waals surface area (Å²) in [5, 5.41) is 9.09. The summed E-state index contributed by atoms with van der Waals surface area (Å²) in [7, 11) is 0. The highest BCUT2D eigenvalue weighted by molar-refractivity contribution is 5.76. The first-order valence-electron chi connectivity index (χ1n) is 6.81. The van der Waals surface area contributed by atoms with Crippen molar-refractivity contribution >= 4 is 5.91 Å². The maximum absolute atomic E-state index is 13.4. The number of hydrogen-bond donors (Lipinski definition) is 1. The molecular weight excluding hydrogens is 257 g/mol. The highest BCUT2D eigenvalue weighted by Crippen LogP contribution is 2.25. The van der Waals surface area contributed by atoms with E-state index in [1.54, 1.807) is 0 Å². The molecule has 0 atom stereocenters. The summed E-state index contributed by atoms with van der Waals surface area (Å²) < 4.78 is 13.4. The second-order valence-corrected chi connectivity index (χ2v) is 5.22. The summed E-state index contributed by atoms with van der Waals surface area (Å²) in [6.45, 7) is 0.528. The largest absolute Gasteiger partial charge is 0.369 e. The molecule has 0 saturated heterocycles. The number of carbonyl (C=O) groups is 1. The number of carbonyl (C=O) groups excluding carboxylic acids is 1. The van der Waals surface area contributed by atoms with Crippen LogP contribution in [0.4, 0.5) is 4.39 Å². The van der Waals surface area contributed by atoms with Gasteiger partial charge in [-0.25, -0.2) is 4.39 Å². The van der Waals surface area contributed by atoms with E-state index in [-0.39, 0.29) is 18.4 Å². The fraction of sp³-hybridized carbons (Fsp3) is 0.467. The van der Waals surface area contributed by atoms with Gasteiger partial charge in [-0.3, -0.25) is 9.69 Å². The minimum atomic E-state index is -0.396. The van der Waals surface area contributed by atoms with Gasteiger partial charge in [0.15, 0.2) is 0 Å². The van der Waals surface area contributed by atoms with E-state index in [4.69, 9.17) is 11.0 Å². The summed E-state index contributed by atoms with van der Waals surface area (Å²) >= 11 is 0. The average Bonchev–Trinajstić information content (AvgIpc) is 2.91. The molecule has 0 bridgehead atoms. The number of halogens is 1. The lowest BCUT2D eigenvalue weighted by molar-refractivity contribution is -0.119. The van der Waals surface area contributed by atoms with Crippen LogP contribution in [0, 0.1) is 17.1 Å². The highest BCUT2D eigenvalue weighted by Gasteiger charge is 2.24. The van der Waals surface area contributed by atoms with E-state index >= 15 is 0 Å². The molecule has 4 nitrogen and oxygen atoms in total. The third-order valence-electron chi connectivity index (χ3n) is 3.76. The zero-order valence-electron chi connectivity index (χ0n) is 11.3. The molecule has 1 aliphatic rings. The number of amides is 1. The Labute approximate surface area is 118 Å². The van der Waals surface area contributed by atoms with Crippen molar-refractivity contribution < 1.29 is 9.18 Å². The summed E-state index contributed by atoms with van der Waals surface area (Å²) in [6.07, 6.45) is 4.30. The lowest BCUT2D eigenvalue weighted by Gasteiger charge is -2.27. The van der Waals surface area contributed by atoms with Gasteiger partial charge in [0.1, 0.15) is 5.82 Å². The second-order valence-electron chi connectivity index (χ2n) is 5.22. The van der Waals surface area contributed by atoms with Crippen molar-refractivity contribution in [2.75, 3.05) is 6.54 Å². The predicted octanol–water partition coefficient (Wildman–Crippen LogP) is 1.93. The van der Waals surface area contributed by atoms with Crippen LogP contribution in [0.1, 0.15) is 36.8 Å². The number of nitrogens with zero attached hydrogens (tertiary/aromatic N) is 2. The minimum absolute atomic E-state index is 0.145. The first kappa shape index (κ1) is 14.5. The maximum atomic E-state index is 13.4. The molecule has 0 heterocycles. The SMILES string of the molecule is N#Cc1ccc(F)cc1CN(CC(N)=O)C1CCCC1. The van der Waals surface area contributed by atoms with Crippen molar-refractivity contribution in [2.24, 2.45) is 5.73 Å². The van der Waals surface area contributed by atoms with E-state index in [0.29, 0.717) is 17.7 Å². The van der Waals surface area contributed by atoms with E-state index in [9.17, 15) is 9.18 Å². The van der Waals surface area contributed by atoms with Crippen molar-refractivity contribution in [3.63, 3.8) is 0 Å². The molecule has 1 aliphatic carbocycles. The van der Waals surface area contributed by atoms with Crippen LogP contribution in [0.25, 0.3) is 0 Å². The fourth-order valence-corrected chi connectivity index (χ4v) is 2.80. The zero-order valence-corrected chi connectivity index (χ0v) is 11.3. The van der Waals surface area contributed by atoms with Gasteiger partial charge in [0.2, 0.25) is 5.91 Å². The third-order valence-corrected chi connectivity index (χ3v) is 3.76. The molecule has 1 aromatic rings. The normalized spacial score (nSPS) is 15.4. The standard InChI is InChI=1S/C15H18FN3O/c16-13-6-5-11(8-17)12(7-13)9-19(10-15(18)20)14-3-1-2-4-14/h5-7,14H,1-4,9-10H2,(H2,18,20). The van der Waals surface area contributed by atoms with E-state index in [1.165, 1.54) is 18.2 Å². The average molecular weight is 275 g/mol. The Bertz CT molecular complexity index is 532. The van der Waals surface area contributed by atoms with Gasteiger partial charge in [-0.2, -0.15) is 5.26 Å². The van der Waals surface area contributed by atoms with Crippen molar-refractivity contribution in [3.05, 3.63) is 35.1 Å². The third kappa shape index (κ3) is 3.55. The molecular formula is C15H18FN3O. The number of benzene rings is 1. The Morgan fingerprint density at radius 3 is 2.75 bits per heavy atom. The van der Waals surface area contributed by atoms with Gasteiger partial charge in [0, 0.05) is 12.6 Å². The summed E-state index contributed by atoms with van der Waals surface area (Å²) in [6, 6.07) is 6.46. The van der Waals surface area contributed by atoms with Crippen LogP contribution >= 0.6 is 0 Å². The van der Waals surface area contributed by atoms with Gasteiger partial charge in [0.05, 0.1) is 18.2 Å². The van der Waals surface area contributed by atoms with E-state index in [0.717, 1.165) is 25.7 Å². The van der Waals surface area contributed by atoms with Crippen molar-refractivity contribution in [1.29, 1.82) is 5.26 Å². The molecule has 106 valence electrons. The molecule has 0 aromatic heterocycles. The van der Waals surface area contributed by atoms with Crippen LogP contribution in [-0.4, -0.2) is 23.4 Å². The Hall–Kier alpha value is -1.93. The smallest absolute Gasteiger partial charge is 0.231 e. The summed E-state index contributed by atoms with van der Waals surface area (Å²) in [5.74, 6) is -0.767. The highest BCUT2D eigenvalue weighted by atomic mass is 19.1. The predicted molar refractivity (Wildman–Crippen MR) is 73.0 cm³/mol. The summed E-state index contributed by atoms with van der Waals surface area (Å²) in [5.41, 5.74) is 6.35. The van der Waals surface area contributed by atoms with E-state index in [2.05, 4.69) is 6.07 Å². The molecule has 1 aromatic carbocycles. The Kier molecular flexibility index (Phi) is 4.70. The van der Waals surface area contributed by atoms with Gasteiger partial charge in [-0.15, -0.1) is 0 Å². The van der Waals surface area contributed by atoms with Crippen molar-refractivity contribution in [3.8, 4) is 6.07 Å². The molecule has 0 spiro atoms. The van der Waals surface area contributed by atoms with Gasteiger partial charge < -0.3 is 5.73 Å². The number of nitrogens with two attached hydrogens (primary N) is 1. The van der Waals surface area contributed by atoms with Gasteiger partial charge in [-0.05, 0) is 36.6 Å². The van der Waals surface area contributed by atoms with Gasteiger partial charge >= 0.3 is 0 Å². The number of rotatable bonds is 5. The monoisotopic (exact) mass is 275 g/mol. The molecule has 0 radical (unpaired) electrons. The molecule has 1 fully saturated rings. The lowest BCUT2D eigenvalue weighted by atomic mass is 10.1. The van der Waals surface area contributed by atoms with E-state index in [1.807, 2.05) is 4.90 Å². The lowest BCUT2D eigenvalue weighted by Crippen LogP contribution is -2.39. The van der Waals surface area contributed by atoms with Crippen molar-refractivity contribution in [2.45, 2.75) is 38.3 Å². The van der Waals surface area contributed by atoms with Crippen LogP contribution in [-0.2, 0) is 11.3 Å². The molecule has 0 unspecified atom stereocenters. The Balaban J connectivity index is 2.20. The molecule has 1 saturated carbocycles. The second kappa shape index (κ2) is 6.49. The van der Waals surface area contributed by atoms with Crippen LogP contribution in [0.2, 0.25) is 0 Å². The van der Waals surface area contributed by atoms with Crippen LogP contribution in [0.5, 0.6) is 0 Å². The fourth-order valence-electron chi connectivity index (χ4n) is 2.80. The first-order chi connectivity index (χ1) is 9.60. The molecule has 20 heavy (non-hydrogen) atoms. The van der Waals surface area contributed by atoms with Crippen LogP contribution in [0.3, 0.4) is 0 Å². The zero-order chi connectivity index (χ0) is 14.5. The molecule has 2 rings (SSSR count). The van der Waals surface area contributed by atoms with E-state index < -0.39 is 5.91 Å². The topological polar surface area (TPSA) is 70.1 Å². The van der Waals surface area contributed by atoms with Gasteiger partial charge in [-0.1, -0.05) is 12.8 Å². The molecule has 0 aliphatic heterocycles. The molecule has 2 N–H and O–H groups in total. The van der Waals surface area contributed by atoms with Gasteiger partial charge in [0.25, 0.3) is 0 Å². The number of hydrogen-bond acceptors (Lipinski definition) is 3. The van der Waals surface area contributed by atoms with Crippen LogP contribution < -0.4 is 5.73 Å². The van der Waals surface area contributed by atoms with Crippen LogP contribution in [0.15, 0.2) is 18.2 Å². The number of primary amides is 1. The molecule has 1 amide bonds. The Morgan fingerprint density at radius 2 is 2.15 bits per heavy atom. The summed E-state index contributed by atoms with van der Waals surface area (Å²) in [4.78, 5) is 13.2. The quantitative estimate of drug-likeness (QED) is 0.892. The first-order valence-corrected chi connectivity index (χ1v) is 6.81. The maximum Gasteiger partial charge on any atom is 0.231 e. The van der Waals surface area contributed by atoms with Crippen molar-refractivity contribution in [1.82, 2.24) is 4.90 Å². The number of nitriles is 1.